The quantitative estimate of drug-likeness (QED) is 0.456. The number of nitrogens with zero attached hydrogens (tertiary/aromatic N) is 6. The maximum atomic E-state index is 5.89. The van der Waals surface area contributed by atoms with E-state index in [2.05, 4.69) is 38.7 Å². The largest absolute Gasteiger partial charge is 0.410 e. The maximum Gasteiger partial charge on any atom is 0.277 e. The van der Waals surface area contributed by atoms with Gasteiger partial charge in [-0.1, -0.05) is 36.9 Å². The van der Waals surface area contributed by atoms with E-state index in [0.29, 0.717) is 16.9 Å². The fourth-order valence-corrected chi connectivity index (χ4v) is 5.17. The fourth-order valence-electron chi connectivity index (χ4n) is 3.37. The van der Waals surface area contributed by atoms with Crippen molar-refractivity contribution >= 4 is 23.1 Å². The summed E-state index contributed by atoms with van der Waals surface area (Å²) in [5, 5.41) is 20.9. The van der Waals surface area contributed by atoms with Gasteiger partial charge in [0.1, 0.15) is 0 Å². The van der Waals surface area contributed by atoms with Gasteiger partial charge in [0, 0.05) is 4.88 Å². The molecule has 0 radical (unpaired) electrons. The molecule has 0 aliphatic heterocycles. The molecule has 3 heterocycles. The number of para-hydroxylation sites is 1. The molecule has 142 valence electrons. The minimum atomic E-state index is 0.525. The van der Waals surface area contributed by atoms with Crippen LogP contribution in [0, 0.1) is 5.92 Å². The summed E-state index contributed by atoms with van der Waals surface area (Å²) in [6, 6.07) is 12.0. The summed E-state index contributed by atoms with van der Waals surface area (Å²) in [6.07, 6.45) is 3.55. The lowest BCUT2D eigenvalue weighted by molar-refractivity contribution is 0.466. The van der Waals surface area contributed by atoms with Crippen LogP contribution in [0.25, 0.3) is 16.5 Å². The maximum absolute atomic E-state index is 5.89. The summed E-state index contributed by atoms with van der Waals surface area (Å²) in [5.74, 6) is 2.62. The van der Waals surface area contributed by atoms with Gasteiger partial charge in [-0.3, -0.25) is 0 Å². The summed E-state index contributed by atoms with van der Waals surface area (Å²) < 4.78 is 7.61. The first-order valence-electron chi connectivity index (χ1n) is 9.17. The van der Waals surface area contributed by atoms with E-state index in [-0.39, 0.29) is 0 Å². The number of benzene rings is 1. The van der Waals surface area contributed by atoms with E-state index < -0.39 is 0 Å². The molecular formula is C19H18N6OS2. The number of hydrogen-bond acceptors (Lipinski definition) is 8. The van der Waals surface area contributed by atoms with Gasteiger partial charge < -0.3 is 4.42 Å². The van der Waals surface area contributed by atoms with Crippen molar-refractivity contribution in [3.8, 4) is 16.5 Å². The Labute approximate surface area is 170 Å². The number of tetrazole rings is 1. The van der Waals surface area contributed by atoms with E-state index in [1.807, 2.05) is 30.3 Å². The summed E-state index contributed by atoms with van der Waals surface area (Å²) in [7, 11) is 0. The monoisotopic (exact) mass is 410 g/mol. The molecular weight excluding hydrogens is 392 g/mol. The highest BCUT2D eigenvalue weighted by molar-refractivity contribution is 7.98. The van der Waals surface area contributed by atoms with Gasteiger partial charge in [-0.15, -0.1) is 26.6 Å². The Bertz CT molecular complexity index is 1090. The van der Waals surface area contributed by atoms with Gasteiger partial charge in [0.2, 0.25) is 0 Å². The van der Waals surface area contributed by atoms with Crippen molar-refractivity contribution < 1.29 is 4.42 Å². The van der Waals surface area contributed by atoms with Crippen LogP contribution in [-0.2, 0) is 18.6 Å². The number of aryl methyl sites for hydroxylation is 1. The molecule has 0 N–H and O–H groups in total. The third kappa shape index (κ3) is 3.47. The van der Waals surface area contributed by atoms with Gasteiger partial charge >= 0.3 is 0 Å². The van der Waals surface area contributed by atoms with Crippen molar-refractivity contribution in [2.24, 2.45) is 5.92 Å². The van der Waals surface area contributed by atoms with Crippen molar-refractivity contribution in [3.05, 3.63) is 52.7 Å². The van der Waals surface area contributed by atoms with Crippen LogP contribution in [0.2, 0.25) is 0 Å². The first kappa shape index (κ1) is 17.6. The van der Waals surface area contributed by atoms with Crippen LogP contribution in [0.1, 0.15) is 29.6 Å². The van der Waals surface area contributed by atoms with Gasteiger partial charge in [-0.05, 0) is 59.4 Å². The van der Waals surface area contributed by atoms with Crippen molar-refractivity contribution in [1.29, 1.82) is 0 Å². The molecule has 1 aliphatic carbocycles. The van der Waals surface area contributed by atoms with Crippen molar-refractivity contribution in [2.45, 2.75) is 37.2 Å². The van der Waals surface area contributed by atoms with Crippen LogP contribution < -0.4 is 0 Å². The van der Waals surface area contributed by atoms with Crippen molar-refractivity contribution in [3.63, 3.8) is 0 Å². The van der Waals surface area contributed by atoms with Crippen LogP contribution in [0.4, 0.5) is 0 Å². The molecule has 0 bridgehead atoms. The summed E-state index contributed by atoms with van der Waals surface area (Å²) >= 11 is 3.22. The number of hydrogen-bond donors (Lipinski definition) is 0. The molecule has 0 saturated carbocycles. The minimum Gasteiger partial charge on any atom is -0.410 e. The number of thioether (sulfide) groups is 1. The number of fused-ring (bicyclic) bond motifs is 1. The predicted molar refractivity (Wildman–Crippen MR) is 108 cm³/mol. The van der Waals surface area contributed by atoms with Crippen LogP contribution >= 0.6 is 23.1 Å². The first-order valence-corrected chi connectivity index (χ1v) is 11.0. The van der Waals surface area contributed by atoms with Crippen molar-refractivity contribution in [1.82, 2.24) is 30.4 Å². The van der Waals surface area contributed by atoms with E-state index in [1.165, 1.54) is 28.6 Å². The van der Waals surface area contributed by atoms with Gasteiger partial charge in [0.15, 0.2) is 5.82 Å². The fraction of sp³-hybridized carbons (Fsp3) is 0.316. The molecule has 0 fully saturated rings. The summed E-state index contributed by atoms with van der Waals surface area (Å²) in [6.45, 7) is 2.31. The number of aromatic nitrogens is 6. The highest BCUT2D eigenvalue weighted by atomic mass is 32.2. The second-order valence-corrected chi connectivity index (χ2v) is 8.97. The first-order chi connectivity index (χ1) is 13.8. The third-order valence-corrected chi connectivity index (χ3v) is 6.85. The number of thiophene rings is 1. The van der Waals surface area contributed by atoms with E-state index in [9.17, 15) is 0 Å². The topological polar surface area (TPSA) is 82.5 Å². The van der Waals surface area contributed by atoms with Gasteiger partial charge in [0.05, 0.1) is 16.3 Å². The molecule has 4 aromatic rings. The molecule has 0 spiro atoms. The zero-order valence-corrected chi connectivity index (χ0v) is 16.9. The average Bonchev–Trinajstić information content (AvgIpc) is 3.45. The lowest BCUT2D eigenvalue weighted by Crippen LogP contribution is -2.07. The summed E-state index contributed by atoms with van der Waals surface area (Å²) in [4.78, 5) is 2.52. The SMILES string of the molecule is C[C@H]1CCc2sc(-c3nnc(SCc4nnnn4-c4ccccc4)o3)cc2C1. The Balaban J connectivity index is 1.30. The van der Waals surface area contributed by atoms with E-state index >= 15 is 0 Å². The molecule has 1 aromatic carbocycles. The molecule has 0 amide bonds. The van der Waals surface area contributed by atoms with E-state index in [0.717, 1.165) is 35.1 Å². The Hall–Kier alpha value is -2.52. The molecule has 0 unspecified atom stereocenters. The van der Waals surface area contributed by atoms with E-state index in [1.54, 1.807) is 16.0 Å². The third-order valence-electron chi connectivity index (χ3n) is 4.81. The molecule has 0 saturated heterocycles. The molecule has 5 rings (SSSR count). The van der Waals surface area contributed by atoms with Gasteiger partial charge in [-0.25, -0.2) is 0 Å². The zero-order chi connectivity index (χ0) is 18.9. The van der Waals surface area contributed by atoms with Crippen LogP contribution in [-0.4, -0.2) is 30.4 Å². The second-order valence-electron chi connectivity index (χ2n) is 6.91. The standard InChI is InChI=1S/C19H18N6OS2/c1-12-7-8-15-13(9-12)10-16(28-15)18-21-22-19(26-18)27-11-17-20-23-24-25(17)14-5-3-2-4-6-14/h2-6,10,12H,7-9,11H2,1H3/t12-/m0/s1. The molecule has 7 nitrogen and oxygen atoms in total. The Morgan fingerprint density at radius 1 is 1.21 bits per heavy atom. The summed E-state index contributed by atoms with van der Waals surface area (Å²) in [5.41, 5.74) is 2.36. The van der Waals surface area contributed by atoms with Crippen LogP contribution in [0.15, 0.2) is 46.0 Å². The van der Waals surface area contributed by atoms with E-state index in [4.69, 9.17) is 4.42 Å². The molecule has 1 aliphatic rings. The lowest BCUT2D eigenvalue weighted by Gasteiger charge is -2.16. The van der Waals surface area contributed by atoms with Gasteiger partial charge in [0.25, 0.3) is 11.1 Å². The number of rotatable bonds is 5. The van der Waals surface area contributed by atoms with Crippen LogP contribution in [0.5, 0.6) is 0 Å². The average molecular weight is 411 g/mol. The smallest absolute Gasteiger partial charge is 0.277 e. The second kappa shape index (κ2) is 7.48. The molecule has 28 heavy (non-hydrogen) atoms. The Kier molecular flexibility index (Phi) is 4.69. The Morgan fingerprint density at radius 3 is 3.00 bits per heavy atom. The Morgan fingerprint density at radius 2 is 2.11 bits per heavy atom. The minimum absolute atomic E-state index is 0.525. The van der Waals surface area contributed by atoms with Gasteiger partial charge in [-0.2, -0.15) is 4.68 Å². The predicted octanol–water partition coefficient (Wildman–Crippen LogP) is 4.19. The highest BCUT2D eigenvalue weighted by Gasteiger charge is 2.21. The molecule has 3 aromatic heterocycles. The highest BCUT2D eigenvalue weighted by Crippen LogP contribution is 2.37. The van der Waals surface area contributed by atoms with Crippen molar-refractivity contribution in [2.75, 3.05) is 0 Å². The normalized spacial score (nSPS) is 16.2. The molecule has 1 atom stereocenters. The van der Waals surface area contributed by atoms with Crippen LogP contribution in [0.3, 0.4) is 0 Å². The zero-order valence-electron chi connectivity index (χ0n) is 15.3. The molecule has 9 heteroatoms. The lowest BCUT2D eigenvalue weighted by atomic mass is 9.90.